The van der Waals surface area contributed by atoms with Gasteiger partial charge in [-0.05, 0) is 40.9 Å². The first-order chi connectivity index (χ1) is 9.51. The Balaban J connectivity index is 2.25. The normalized spacial score (nSPS) is 22.4. The quantitative estimate of drug-likeness (QED) is 0.756. The Labute approximate surface area is 137 Å². The first-order valence-electron chi connectivity index (χ1n) is 6.20. The summed E-state index contributed by atoms with van der Waals surface area (Å²) in [5, 5.41) is 3.38. The van der Waals surface area contributed by atoms with Crippen molar-refractivity contribution in [3.05, 3.63) is 26.6 Å². The van der Waals surface area contributed by atoms with Crippen molar-refractivity contribution in [2.45, 2.75) is 18.9 Å². The number of esters is 1. The monoisotopic (exact) mass is 423 g/mol. The molecule has 1 saturated heterocycles. The van der Waals surface area contributed by atoms with E-state index >= 15 is 0 Å². The molecule has 1 aliphatic heterocycles. The largest absolute Gasteiger partial charge is 0.465 e. The van der Waals surface area contributed by atoms with Gasteiger partial charge < -0.3 is 10.1 Å². The third-order valence-electron chi connectivity index (χ3n) is 3.20. The molecule has 0 radical (unpaired) electrons. The molecule has 1 aromatic rings. The molecule has 7 heteroatoms. The smallest absolute Gasteiger partial charge is 0.340 e. The van der Waals surface area contributed by atoms with Gasteiger partial charge in [0.05, 0.1) is 18.4 Å². The predicted molar refractivity (Wildman–Crippen MR) is 87.7 cm³/mol. The zero-order valence-electron chi connectivity index (χ0n) is 10.9. The maximum Gasteiger partial charge on any atom is 0.340 e. The van der Waals surface area contributed by atoms with Crippen LogP contribution in [0.25, 0.3) is 0 Å². The van der Waals surface area contributed by atoms with Crippen LogP contribution < -0.4 is 5.32 Å². The molecule has 0 aromatic heterocycles. The Morgan fingerprint density at radius 3 is 2.60 bits per heavy atom. The lowest BCUT2D eigenvalue weighted by Crippen LogP contribution is -2.30. The number of carbonyl (C=O) groups is 1. The summed E-state index contributed by atoms with van der Waals surface area (Å²) in [6.45, 7) is 0. The Hall–Kier alpha value is -0.400. The van der Waals surface area contributed by atoms with Crippen molar-refractivity contribution >= 4 is 54.3 Å². The second kappa shape index (κ2) is 7.04. The van der Waals surface area contributed by atoms with Crippen LogP contribution in [0.5, 0.6) is 0 Å². The fraction of sp³-hybridized carbons (Fsp3) is 0.462. The van der Waals surface area contributed by atoms with Gasteiger partial charge in [0, 0.05) is 37.3 Å². The number of carbonyl (C=O) groups excluding carboxylic acids is 1. The number of rotatable bonds is 3. The predicted octanol–water partition coefficient (Wildman–Crippen LogP) is 3.32. The van der Waals surface area contributed by atoms with Crippen LogP contribution >= 0.6 is 31.9 Å². The van der Waals surface area contributed by atoms with E-state index in [1.807, 2.05) is 6.07 Å². The second-order valence-corrected chi connectivity index (χ2v) is 8.03. The Morgan fingerprint density at radius 1 is 1.35 bits per heavy atom. The topological polar surface area (TPSA) is 55.4 Å². The summed E-state index contributed by atoms with van der Waals surface area (Å²) in [5.41, 5.74) is 1.22. The molecule has 0 atom stereocenters. The zero-order valence-corrected chi connectivity index (χ0v) is 14.9. The Bertz CT molecular complexity index is 541. The molecule has 1 fully saturated rings. The zero-order chi connectivity index (χ0) is 14.7. The fourth-order valence-corrected chi connectivity index (χ4v) is 4.77. The van der Waals surface area contributed by atoms with Crippen LogP contribution in [0.15, 0.2) is 21.1 Å². The van der Waals surface area contributed by atoms with Crippen LogP contribution in [0.4, 0.5) is 5.69 Å². The van der Waals surface area contributed by atoms with Gasteiger partial charge in [-0.3, -0.25) is 4.21 Å². The average molecular weight is 425 g/mol. The van der Waals surface area contributed by atoms with Gasteiger partial charge in [-0.1, -0.05) is 15.9 Å². The minimum absolute atomic E-state index is 0.230. The molecule has 0 unspecified atom stereocenters. The minimum atomic E-state index is -0.694. The fourth-order valence-electron chi connectivity index (χ4n) is 2.13. The van der Waals surface area contributed by atoms with Crippen molar-refractivity contribution in [2.24, 2.45) is 0 Å². The van der Waals surface area contributed by atoms with Gasteiger partial charge in [0.15, 0.2) is 0 Å². The van der Waals surface area contributed by atoms with E-state index in [2.05, 4.69) is 37.2 Å². The molecule has 0 saturated carbocycles. The third kappa shape index (κ3) is 3.83. The number of hydrogen-bond acceptors (Lipinski definition) is 4. The van der Waals surface area contributed by atoms with E-state index in [1.165, 1.54) is 7.11 Å². The number of nitrogens with one attached hydrogen (secondary N) is 1. The SMILES string of the molecule is COC(=O)c1cc(Br)cc(Br)c1NC1CCS(=O)CC1. The van der Waals surface area contributed by atoms with Crippen LogP contribution in [0.1, 0.15) is 23.2 Å². The van der Waals surface area contributed by atoms with Crippen molar-refractivity contribution in [2.75, 3.05) is 23.9 Å². The standard InChI is InChI=1S/C13H15Br2NO3S/c1-19-13(17)10-6-8(14)7-11(15)12(10)16-9-2-4-20(18)5-3-9/h6-7,9,16H,2-5H2,1H3. The van der Waals surface area contributed by atoms with Crippen molar-refractivity contribution in [3.8, 4) is 0 Å². The summed E-state index contributed by atoms with van der Waals surface area (Å²) >= 11 is 6.85. The molecule has 0 aliphatic carbocycles. The van der Waals surface area contributed by atoms with Gasteiger partial charge in [-0.15, -0.1) is 0 Å². The number of halogens is 2. The molecule has 0 spiro atoms. The van der Waals surface area contributed by atoms with Gasteiger partial charge in [0.1, 0.15) is 0 Å². The van der Waals surface area contributed by atoms with Gasteiger partial charge in [0.25, 0.3) is 0 Å². The number of ether oxygens (including phenoxy) is 1. The molecule has 1 aliphatic rings. The lowest BCUT2D eigenvalue weighted by Gasteiger charge is -2.25. The maximum atomic E-state index is 11.9. The molecule has 0 amide bonds. The van der Waals surface area contributed by atoms with E-state index in [1.54, 1.807) is 6.07 Å². The average Bonchev–Trinajstić information content (AvgIpc) is 2.42. The molecular formula is C13H15Br2NO3S. The van der Waals surface area contributed by atoms with Crippen LogP contribution in [0.2, 0.25) is 0 Å². The van der Waals surface area contributed by atoms with Gasteiger partial charge in [0.2, 0.25) is 0 Å². The highest BCUT2D eigenvalue weighted by molar-refractivity contribution is 9.11. The van der Waals surface area contributed by atoms with Crippen LogP contribution in [0.3, 0.4) is 0 Å². The molecule has 1 aromatic carbocycles. The lowest BCUT2D eigenvalue weighted by atomic mass is 10.1. The summed E-state index contributed by atoms with van der Waals surface area (Å²) < 4.78 is 17.8. The van der Waals surface area contributed by atoms with E-state index in [-0.39, 0.29) is 12.0 Å². The van der Waals surface area contributed by atoms with Crippen molar-refractivity contribution in [3.63, 3.8) is 0 Å². The Morgan fingerprint density at radius 2 is 2.00 bits per heavy atom. The molecule has 1 N–H and O–H groups in total. The first kappa shape index (κ1) is 16.0. The van der Waals surface area contributed by atoms with E-state index in [0.717, 1.165) is 27.5 Å². The van der Waals surface area contributed by atoms with Crippen molar-refractivity contribution < 1.29 is 13.7 Å². The summed E-state index contributed by atoms with van der Waals surface area (Å²) in [7, 11) is 0.671. The lowest BCUT2D eigenvalue weighted by molar-refractivity contribution is 0.0601. The van der Waals surface area contributed by atoms with E-state index in [4.69, 9.17) is 4.74 Å². The van der Waals surface area contributed by atoms with Crippen molar-refractivity contribution in [1.29, 1.82) is 0 Å². The molecule has 110 valence electrons. The second-order valence-electron chi connectivity index (χ2n) is 4.57. The van der Waals surface area contributed by atoms with Gasteiger partial charge in [-0.2, -0.15) is 0 Å². The maximum absolute atomic E-state index is 11.9. The van der Waals surface area contributed by atoms with Crippen LogP contribution in [-0.4, -0.2) is 34.8 Å². The number of benzene rings is 1. The van der Waals surface area contributed by atoms with Gasteiger partial charge >= 0.3 is 5.97 Å². The summed E-state index contributed by atoms with van der Waals surface area (Å²) in [6, 6.07) is 3.85. The number of anilines is 1. The minimum Gasteiger partial charge on any atom is -0.465 e. The highest BCUT2D eigenvalue weighted by atomic mass is 79.9. The Kier molecular flexibility index (Phi) is 5.63. The highest BCUT2D eigenvalue weighted by Crippen LogP contribution is 2.32. The highest BCUT2D eigenvalue weighted by Gasteiger charge is 2.22. The van der Waals surface area contributed by atoms with Crippen LogP contribution in [0, 0.1) is 0 Å². The molecule has 0 bridgehead atoms. The number of hydrogen-bond donors (Lipinski definition) is 1. The molecule has 4 nitrogen and oxygen atoms in total. The summed E-state index contributed by atoms with van der Waals surface area (Å²) in [4.78, 5) is 11.9. The molecule has 2 rings (SSSR count). The molecule has 20 heavy (non-hydrogen) atoms. The molecular weight excluding hydrogens is 410 g/mol. The van der Waals surface area contributed by atoms with E-state index in [9.17, 15) is 9.00 Å². The summed E-state index contributed by atoms with van der Waals surface area (Å²) in [5.74, 6) is 1.03. The first-order valence-corrected chi connectivity index (χ1v) is 9.27. The molecule has 1 heterocycles. The number of methoxy groups -OCH3 is 1. The van der Waals surface area contributed by atoms with E-state index in [0.29, 0.717) is 17.1 Å². The van der Waals surface area contributed by atoms with E-state index < -0.39 is 10.8 Å². The summed E-state index contributed by atoms with van der Waals surface area (Å²) in [6.07, 6.45) is 1.69. The van der Waals surface area contributed by atoms with Crippen LogP contribution in [-0.2, 0) is 15.5 Å². The van der Waals surface area contributed by atoms with Gasteiger partial charge in [-0.25, -0.2) is 4.79 Å². The third-order valence-corrected chi connectivity index (χ3v) is 5.66. The van der Waals surface area contributed by atoms with Crippen molar-refractivity contribution in [1.82, 2.24) is 0 Å².